The van der Waals surface area contributed by atoms with E-state index in [1.165, 1.54) is 19.2 Å². The fourth-order valence-electron chi connectivity index (χ4n) is 3.59. The van der Waals surface area contributed by atoms with E-state index in [2.05, 4.69) is 5.32 Å². The first-order valence-corrected chi connectivity index (χ1v) is 12.2. The summed E-state index contributed by atoms with van der Waals surface area (Å²) < 4.78 is 45.1. The molecular formula is C25H26N2O6S. The molecule has 4 rings (SSSR count). The highest BCUT2D eigenvalue weighted by molar-refractivity contribution is 7.92. The third-order valence-electron chi connectivity index (χ3n) is 5.32. The predicted molar refractivity (Wildman–Crippen MR) is 128 cm³/mol. The second kappa shape index (κ2) is 10.0. The lowest BCUT2D eigenvalue weighted by molar-refractivity contribution is -0.120. The fourth-order valence-corrected chi connectivity index (χ4v) is 5.04. The summed E-state index contributed by atoms with van der Waals surface area (Å²) in [5.74, 6) is 1.12. The van der Waals surface area contributed by atoms with Crippen molar-refractivity contribution in [1.29, 1.82) is 0 Å². The van der Waals surface area contributed by atoms with Crippen LogP contribution in [0.3, 0.4) is 0 Å². The largest absolute Gasteiger partial charge is 0.495 e. The maximum atomic E-state index is 13.5. The van der Waals surface area contributed by atoms with Crippen molar-refractivity contribution in [3.8, 4) is 17.2 Å². The van der Waals surface area contributed by atoms with E-state index in [-0.39, 0.29) is 23.7 Å². The number of carbonyl (C=O) groups is 1. The summed E-state index contributed by atoms with van der Waals surface area (Å²) in [6, 6.07) is 20.5. The average molecular weight is 483 g/mol. The lowest BCUT2D eigenvalue weighted by atomic mass is 10.2. The minimum Gasteiger partial charge on any atom is -0.495 e. The molecule has 8 nitrogen and oxygen atoms in total. The Bertz CT molecular complexity index is 1260. The van der Waals surface area contributed by atoms with Gasteiger partial charge in [-0.15, -0.1) is 0 Å². The zero-order valence-corrected chi connectivity index (χ0v) is 19.7. The first-order valence-electron chi connectivity index (χ1n) is 10.8. The molecule has 9 heteroatoms. The number of carbonyl (C=O) groups excluding carboxylic acids is 1. The van der Waals surface area contributed by atoms with Crippen LogP contribution in [0.15, 0.2) is 77.7 Å². The number of hydrogen-bond donors (Lipinski definition) is 1. The third kappa shape index (κ3) is 5.09. The van der Waals surface area contributed by atoms with Gasteiger partial charge in [0.25, 0.3) is 10.0 Å². The topological polar surface area (TPSA) is 94.2 Å². The number of para-hydroxylation sites is 2. The highest BCUT2D eigenvalue weighted by Crippen LogP contribution is 2.33. The minimum absolute atomic E-state index is 0.0759. The van der Waals surface area contributed by atoms with E-state index in [1.54, 1.807) is 36.4 Å². The SMILES string of the molecule is COc1ccc(C)cc1N(CC(=O)NCC1COc2ccccc2O1)S(=O)(=O)c1ccccc1. The molecular weight excluding hydrogens is 456 g/mol. The van der Waals surface area contributed by atoms with Crippen LogP contribution in [0, 0.1) is 6.92 Å². The minimum atomic E-state index is -4.05. The number of benzene rings is 3. The summed E-state index contributed by atoms with van der Waals surface area (Å²) in [5.41, 5.74) is 1.11. The number of rotatable bonds is 8. The van der Waals surface area contributed by atoms with E-state index >= 15 is 0 Å². The van der Waals surface area contributed by atoms with Crippen molar-refractivity contribution in [2.24, 2.45) is 0 Å². The van der Waals surface area contributed by atoms with Crippen LogP contribution in [0.25, 0.3) is 0 Å². The maximum absolute atomic E-state index is 13.5. The number of methoxy groups -OCH3 is 1. The van der Waals surface area contributed by atoms with Crippen LogP contribution in [0.5, 0.6) is 17.2 Å². The van der Waals surface area contributed by atoms with Crippen molar-refractivity contribution in [2.75, 3.05) is 31.1 Å². The van der Waals surface area contributed by atoms with E-state index in [0.717, 1.165) is 9.87 Å². The number of aryl methyl sites for hydroxylation is 1. The second-order valence-electron chi connectivity index (χ2n) is 7.80. The van der Waals surface area contributed by atoms with Crippen molar-refractivity contribution < 1.29 is 27.4 Å². The van der Waals surface area contributed by atoms with Gasteiger partial charge in [0.05, 0.1) is 24.2 Å². The number of hydrogen-bond acceptors (Lipinski definition) is 6. The number of sulfonamides is 1. The van der Waals surface area contributed by atoms with Gasteiger partial charge in [-0.1, -0.05) is 36.4 Å². The van der Waals surface area contributed by atoms with Gasteiger partial charge in [-0.2, -0.15) is 0 Å². The molecule has 0 saturated heterocycles. The lowest BCUT2D eigenvalue weighted by Crippen LogP contribution is -2.45. The monoisotopic (exact) mass is 482 g/mol. The Morgan fingerprint density at radius 1 is 1.06 bits per heavy atom. The zero-order chi connectivity index (χ0) is 24.1. The normalized spacial score (nSPS) is 14.8. The number of fused-ring (bicyclic) bond motifs is 1. The Balaban J connectivity index is 1.54. The van der Waals surface area contributed by atoms with Gasteiger partial charge >= 0.3 is 0 Å². The van der Waals surface area contributed by atoms with Crippen molar-refractivity contribution in [1.82, 2.24) is 5.32 Å². The number of nitrogens with zero attached hydrogens (tertiary/aromatic N) is 1. The molecule has 1 aliphatic heterocycles. The summed E-state index contributed by atoms with van der Waals surface area (Å²) in [6.45, 7) is 1.85. The van der Waals surface area contributed by atoms with Crippen LogP contribution >= 0.6 is 0 Å². The van der Waals surface area contributed by atoms with Gasteiger partial charge in [0.2, 0.25) is 5.91 Å². The van der Waals surface area contributed by atoms with Gasteiger partial charge in [-0.3, -0.25) is 9.10 Å². The molecule has 1 N–H and O–H groups in total. The summed E-state index contributed by atoms with van der Waals surface area (Å²) in [5, 5.41) is 2.77. The summed E-state index contributed by atoms with van der Waals surface area (Å²) in [4.78, 5) is 13.0. The van der Waals surface area contributed by atoms with E-state index in [0.29, 0.717) is 17.2 Å². The Morgan fingerprint density at radius 2 is 1.76 bits per heavy atom. The van der Waals surface area contributed by atoms with Gasteiger partial charge in [-0.05, 0) is 48.9 Å². The Kier molecular flexibility index (Phi) is 6.93. The second-order valence-corrected chi connectivity index (χ2v) is 9.66. The molecule has 0 radical (unpaired) electrons. The summed E-state index contributed by atoms with van der Waals surface area (Å²) in [6.07, 6.45) is -0.397. The lowest BCUT2D eigenvalue weighted by Gasteiger charge is -2.28. The first kappa shape index (κ1) is 23.4. The van der Waals surface area contributed by atoms with Crippen LogP contribution < -0.4 is 23.8 Å². The zero-order valence-electron chi connectivity index (χ0n) is 18.9. The molecule has 0 aliphatic carbocycles. The summed E-state index contributed by atoms with van der Waals surface area (Å²) >= 11 is 0. The quantitative estimate of drug-likeness (QED) is 0.530. The van der Waals surface area contributed by atoms with Crippen molar-refractivity contribution >= 4 is 21.6 Å². The molecule has 0 spiro atoms. The van der Waals surface area contributed by atoms with Gasteiger partial charge in [-0.25, -0.2) is 8.42 Å². The molecule has 1 heterocycles. The molecule has 0 bridgehead atoms. The van der Waals surface area contributed by atoms with Gasteiger partial charge < -0.3 is 19.5 Å². The molecule has 1 aliphatic rings. The first-order chi connectivity index (χ1) is 16.4. The molecule has 0 aromatic heterocycles. The molecule has 34 heavy (non-hydrogen) atoms. The maximum Gasteiger partial charge on any atom is 0.264 e. The molecule has 1 atom stereocenters. The van der Waals surface area contributed by atoms with E-state index in [1.807, 2.05) is 31.2 Å². The van der Waals surface area contributed by atoms with Gasteiger partial charge in [0.1, 0.15) is 25.0 Å². The Morgan fingerprint density at radius 3 is 2.50 bits per heavy atom. The Hall–Kier alpha value is -3.72. The van der Waals surface area contributed by atoms with Gasteiger partial charge in [0.15, 0.2) is 11.5 Å². The van der Waals surface area contributed by atoms with Crippen molar-refractivity contribution in [3.05, 3.63) is 78.4 Å². The van der Waals surface area contributed by atoms with Crippen LogP contribution in [0.1, 0.15) is 5.56 Å². The number of ether oxygens (including phenoxy) is 3. The molecule has 3 aromatic carbocycles. The molecule has 0 fully saturated rings. The fraction of sp³-hybridized carbons (Fsp3) is 0.240. The number of amides is 1. The Labute approximate surface area is 199 Å². The smallest absolute Gasteiger partial charge is 0.264 e. The van der Waals surface area contributed by atoms with E-state index < -0.39 is 28.6 Å². The van der Waals surface area contributed by atoms with Crippen molar-refractivity contribution in [2.45, 2.75) is 17.9 Å². The molecule has 178 valence electrons. The predicted octanol–water partition coefficient (Wildman–Crippen LogP) is 3.16. The van der Waals surface area contributed by atoms with Crippen LogP contribution in [0.2, 0.25) is 0 Å². The van der Waals surface area contributed by atoms with Crippen LogP contribution in [-0.2, 0) is 14.8 Å². The van der Waals surface area contributed by atoms with E-state index in [9.17, 15) is 13.2 Å². The average Bonchev–Trinajstić information content (AvgIpc) is 2.86. The highest BCUT2D eigenvalue weighted by Gasteiger charge is 2.30. The number of anilines is 1. The van der Waals surface area contributed by atoms with Crippen molar-refractivity contribution in [3.63, 3.8) is 0 Å². The van der Waals surface area contributed by atoms with Crippen LogP contribution in [0.4, 0.5) is 5.69 Å². The third-order valence-corrected chi connectivity index (χ3v) is 7.09. The highest BCUT2D eigenvalue weighted by atomic mass is 32.2. The van der Waals surface area contributed by atoms with Gasteiger partial charge in [0, 0.05) is 0 Å². The standard InChI is InChI=1S/C25H26N2O6S/c1-18-12-13-22(31-2)21(14-18)27(34(29,30)20-8-4-3-5-9-20)16-25(28)26-15-19-17-32-23-10-6-7-11-24(23)33-19/h3-14,19H,15-17H2,1-2H3,(H,26,28). The van der Waals surface area contributed by atoms with Crippen LogP contribution in [-0.4, -0.2) is 47.2 Å². The number of nitrogens with one attached hydrogen (secondary N) is 1. The molecule has 1 unspecified atom stereocenters. The molecule has 3 aromatic rings. The molecule has 0 saturated carbocycles. The molecule has 1 amide bonds. The van der Waals surface area contributed by atoms with E-state index in [4.69, 9.17) is 14.2 Å². The summed E-state index contributed by atoms with van der Waals surface area (Å²) in [7, 11) is -2.59.